The van der Waals surface area contributed by atoms with Crippen LogP contribution in [0.3, 0.4) is 0 Å². The minimum Gasteiger partial charge on any atom is -0.334 e. The van der Waals surface area contributed by atoms with Gasteiger partial charge in [-0.05, 0) is 32.5 Å². The topological polar surface area (TPSA) is 35.6 Å². The largest absolute Gasteiger partial charge is 0.334 e. The van der Waals surface area contributed by atoms with Gasteiger partial charge in [-0.3, -0.25) is 0 Å². The number of hydrogen-bond acceptors (Lipinski definition) is 2. The highest BCUT2D eigenvalue weighted by Gasteiger charge is 2.23. The van der Waals surface area contributed by atoms with Gasteiger partial charge in [-0.2, -0.15) is 0 Å². The number of urea groups is 1. The van der Waals surface area contributed by atoms with Crippen molar-refractivity contribution in [1.82, 2.24) is 15.1 Å². The van der Waals surface area contributed by atoms with Gasteiger partial charge in [-0.15, -0.1) is 0 Å². The fourth-order valence-corrected chi connectivity index (χ4v) is 2.47. The van der Waals surface area contributed by atoms with Gasteiger partial charge in [0, 0.05) is 25.7 Å². The van der Waals surface area contributed by atoms with Crippen LogP contribution in [0, 0.1) is 0 Å². The molecule has 2 amide bonds. The highest BCUT2D eigenvalue weighted by atomic mass is 16.2. The molecule has 0 unspecified atom stereocenters. The zero-order chi connectivity index (χ0) is 13.7. The van der Waals surface area contributed by atoms with E-state index in [-0.39, 0.29) is 6.03 Å². The summed E-state index contributed by atoms with van der Waals surface area (Å²) in [6.07, 6.45) is 2.12. The van der Waals surface area contributed by atoms with Crippen LogP contribution in [-0.2, 0) is 6.54 Å². The van der Waals surface area contributed by atoms with Crippen molar-refractivity contribution in [3.05, 3.63) is 35.9 Å². The quantitative estimate of drug-likeness (QED) is 0.902. The molecule has 4 heteroatoms. The number of piperidine rings is 1. The van der Waals surface area contributed by atoms with Gasteiger partial charge < -0.3 is 15.1 Å². The minimum absolute atomic E-state index is 0.0565. The van der Waals surface area contributed by atoms with Gasteiger partial charge in [-0.25, -0.2) is 4.79 Å². The number of nitrogens with one attached hydrogen (secondary N) is 1. The molecule has 19 heavy (non-hydrogen) atoms. The van der Waals surface area contributed by atoms with Crippen LogP contribution < -0.4 is 5.32 Å². The molecule has 1 aromatic carbocycles. The van der Waals surface area contributed by atoms with E-state index in [1.807, 2.05) is 35.2 Å². The zero-order valence-corrected chi connectivity index (χ0v) is 11.8. The van der Waals surface area contributed by atoms with Gasteiger partial charge >= 0.3 is 6.03 Å². The molecular weight excluding hydrogens is 238 g/mol. The molecule has 2 rings (SSSR count). The summed E-state index contributed by atoms with van der Waals surface area (Å²) >= 11 is 0. The molecule has 0 saturated carbocycles. The van der Waals surface area contributed by atoms with Crippen LogP contribution in [0.4, 0.5) is 4.79 Å². The fraction of sp³-hybridized carbons (Fsp3) is 0.533. The van der Waals surface area contributed by atoms with E-state index in [9.17, 15) is 4.79 Å². The van der Waals surface area contributed by atoms with Crippen LogP contribution in [0.1, 0.15) is 18.4 Å². The SMILES string of the molecule is CN(C)C1CCN(C(=O)NCc2ccccc2)CC1. The second kappa shape index (κ2) is 6.57. The summed E-state index contributed by atoms with van der Waals surface area (Å²) in [6.45, 7) is 2.31. The molecule has 0 bridgehead atoms. The average Bonchev–Trinajstić information content (AvgIpc) is 2.46. The van der Waals surface area contributed by atoms with Crippen molar-refractivity contribution >= 4 is 6.03 Å². The van der Waals surface area contributed by atoms with Crippen LogP contribution in [0.15, 0.2) is 30.3 Å². The van der Waals surface area contributed by atoms with Gasteiger partial charge in [0.1, 0.15) is 0 Å². The summed E-state index contributed by atoms with van der Waals surface area (Å²) in [7, 11) is 4.21. The first-order valence-corrected chi connectivity index (χ1v) is 6.90. The molecule has 0 aromatic heterocycles. The van der Waals surface area contributed by atoms with Crippen molar-refractivity contribution in [2.75, 3.05) is 27.2 Å². The maximum absolute atomic E-state index is 12.0. The van der Waals surface area contributed by atoms with Gasteiger partial charge in [-0.1, -0.05) is 30.3 Å². The molecule has 4 nitrogen and oxygen atoms in total. The summed E-state index contributed by atoms with van der Waals surface area (Å²) in [4.78, 5) is 16.2. The lowest BCUT2D eigenvalue weighted by Gasteiger charge is -2.35. The molecule has 0 radical (unpaired) electrons. The number of benzene rings is 1. The van der Waals surface area contributed by atoms with Crippen molar-refractivity contribution in [1.29, 1.82) is 0 Å². The van der Waals surface area contributed by atoms with Crippen LogP contribution in [0.2, 0.25) is 0 Å². The molecule has 0 spiro atoms. The van der Waals surface area contributed by atoms with Crippen molar-refractivity contribution in [2.24, 2.45) is 0 Å². The fourth-order valence-electron chi connectivity index (χ4n) is 2.47. The van der Waals surface area contributed by atoms with Crippen LogP contribution >= 0.6 is 0 Å². The number of rotatable bonds is 3. The maximum atomic E-state index is 12.0. The molecular formula is C15H23N3O. The molecule has 1 fully saturated rings. The normalized spacial score (nSPS) is 16.7. The van der Waals surface area contributed by atoms with Crippen molar-refractivity contribution in [3.63, 3.8) is 0 Å². The molecule has 1 aromatic rings. The Labute approximate surface area is 115 Å². The van der Waals surface area contributed by atoms with E-state index >= 15 is 0 Å². The predicted octanol–water partition coefficient (Wildman–Crippen LogP) is 1.92. The second-order valence-electron chi connectivity index (χ2n) is 5.33. The Bertz CT molecular complexity index is 397. The first kappa shape index (κ1) is 13.9. The smallest absolute Gasteiger partial charge is 0.317 e. The second-order valence-corrected chi connectivity index (χ2v) is 5.33. The third kappa shape index (κ3) is 3.96. The van der Waals surface area contributed by atoms with E-state index in [2.05, 4.69) is 24.3 Å². The number of nitrogens with zero attached hydrogens (tertiary/aromatic N) is 2. The third-order valence-electron chi connectivity index (χ3n) is 3.77. The highest BCUT2D eigenvalue weighted by Crippen LogP contribution is 2.14. The Kier molecular flexibility index (Phi) is 4.80. The Morgan fingerprint density at radius 1 is 1.26 bits per heavy atom. The lowest BCUT2D eigenvalue weighted by molar-refractivity contribution is 0.148. The van der Waals surface area contributed by atoms with Crippen LogP contribution in [-0.4, -0.2) is 49.1 Å². The number of likely N-dealkylation sites (tertiary alicyclic amines) is 1. The molecule has 104 valence electrons. The average molecular weight is 261 g/mol. The van der Waals surface area contributed by atoms with Gasteiger partial charge in [0.15, 0.2) is 0 Å². The summed E-state index contributed by atoms with van der Waals surface area (Å²) in [6, 6.07) is 10.7. The molecule has 1 N–H and O–H groups in total. The summed E-state index contributed by atoms with van der Waals surface area (Å²) in [5, 5.41) is 2.99. The molecule has 1 saturated heterocycles. The zero-order valence-electron chi connectivity index (χ0n) is 11.8. The number of hydrogen-bond donors (Lipinski definition) is 1. The number of amides is 2. The van der Waals surface area contributed by atoms with E-state index < -0.39 is 0 Å². The lowest BCUT2D eigenvalue weighted by Crippen LogP contribution is -2.47. The molecule has 1 aliphatic rings. The monoisotopic (exact) mass is 261 g/mol. The standard InChI is InChI=1S/C15H23N3O/c1-17(2)14-8-10-18(11-9-14)15(19)16-12-13-6-4-3-5-7-13/h3-7,14H,8-12H2,1-2H3,(H,16,19). The van der Waals surface area contributed by atoms with E-state index in [0.717, 1.165) is 31.5 Å². The van der Waals surface area contributed by atoms with Crippen molar-refractivity contribution in [2.45, 2.75) is 25.4 Å². The van der Waals surface area contributed by atoms with E-state index in [1.165, 1.54) is 0 Å². The summed E-state index contributed by atoms with van der Waals surface area (Å²) < 4.78 is 0. The predicted molar refractivity (Wildman–Crippen MR) is 77.0 cm³/mol. The summed E-state index contributed by atoms with van der Waals surface area (Å²) in [5.41, 5.74) is 1.14. The van der Waals surface area contributed by atoms with E-state index in [4.69, 9.17) is 0 Å². The highest BCUT2D eigenvalue weighted by molar-refractivity contribution is 5.74. The Morgan fingerprint density at radius 2 is 1.89 bits per heavy atom. The molecule has 0 atom stereocenters. The van der Waals surface area contributed by atoms with Crippen molar-refractivity contribution < 1.29 is 4.79 Å². The summed E-state index contributed by atoms with van der Waals surface area (Å²) in [5.74, 6) is 0. The number of carbonyl (C=O) groups is 1. The van der Waals surface area contributed by atoms with Gasteiger partial charge in [0.2, 0.25) is 0 Å². The van der Waals surface area contributed by atoms with Crippen LogP contribution in [0.5, 0.6) is 0 Å². The molecule has 1 heterocycles. The van der Waals surface area contributed by atoms with Crippen LogP contribution in [0.25, 0.3) is 0 Å². The van der Waals surface area contributed by atoms with Crippen molar-refractivity contribution in [3.8, 4) is 0 Å². The number of carbonyl (C=O) groups excluding carboxylic acids is 1. The Morgan fingerprint density at radius 3 is 2.47 bits per heavy atom. The molecule has 0 aliphatic carbocycles. The first-order chi connectivity index (χ1) is 9.16. The Balaban J connectivity index is 1.76. The van der Waals surface area contributed by atoms with Gasteiger partial charge in [0.25, 0.3) is 0 Å². The maximum Gasteiger partial charge on any atom is 0.317 e. The lowest BCUT2D eigenvalue weighted by atomic mass is 10.0. The third-order valence-corrected chi connectivity index (χ3v) is 3.77. The van der Waals surface area contributed by atoms with Gasteiger partial charge in [0.05, 0.1) is 0 Å². The van der Waals surface area contributed by atoms with E-state index in [1.54, 1.807) is 0 Å². The Hall–Kier alpha value is -1.55. The molecule has 1 aliphatic heterocycles. The minimum atomic E-state index is 0.0565. The van der Waals surface area contributed by atoms with E-state index in [0.29, 0.717) is 12.6 Å². The first-order valence-electron chi connectivity index (χ1n) is 6.90.